The Morgan fingerprint density at radius 3 is 2.91 bits per heavy atom. The molecule has 0 unspecified atom stereocenters. The molecule has 0 aliphatic heterocycles. The third-order valence-corrected chi connectivity index (χ3v) is 3.21. The SMILES string of the molecule is CN(c1nccs1)C1CCC1. The molecule has 0 amide bonds. The van der Waals surface area contributed by atoms with E-state index in [2.05, 4.69) is 16.9 Å². The molecule has 1 aliphatic carbocycles. The molecule has 0 spiro atoms. The van der Waals surface area contributed by atoms with E-state index in [-0.39, 0.29) is 0 Å². The first kappa shape index (κ1) is 7.10. The van der Waals surface area contributed by atoms with Gasteiger partial charge in [-0.15, -0.1) is 11.3 Å². The smallest absolute Gasteiger partial charge is 0.185 e. The van der Waals surface area contributed by atoms with Gasteiger partial charge in [-0.25, -0.2) is 4.98 Å². The van der Waals surface area contributed by atoms with Gasteiger partial charge in [0.15, 0.2) is 5.13 Å². The van der Waals surface area contributed by atoms with Crippen molar-refractivity contribution in [1.82, 2.24) is 4.98 Å². The van der Waals surface area contributed by atoms with Crippen LogP contribution in [0, 0.1) is 0 Å². The highest BCUT2D eigenvalue weighted by Crippen LogP contribution is 2.28. The average Bonchev–Trinajstić information content (AvgIpc) is 2.32. The van der Waals surface area contributed by atoms with Crippen molar-refractivity contribution in [2.45, 2.75) is 25.3 Å². The summed E-state index contributed by atoms with van der Waals surface area (Å²) in [6, 6.07) is 0.765. The Morgan fingerprint density at radius 2 is 2.45 bits per heavy atom. The van der Waals surface area contributed by atoms with Crippen molar-refractivity contribution in [2.75, 3.05) is 11.9 Å². The third kappa shape index (κ3) is 1.25. The zero-order chi connectivity index (χ0) is 7.68. The lowest BCUT2D eigenvalue weighted by Crippen LogP contribution is -2.36. The van der Waals surface area contributed by atoms with Crippen LogP contribution in [0.25, 0.3) is 0 Å². The van der Waals surface area contributed by atoms with Crippen LogP contribution in [0.1, 0.15) is 19.3 Å². The van der Waals surface area contributed by atoms with E-state index in [0.717, 1.165) is 11.2 Å². The second-order valence-corrected chi connectivity index (χ2v) is 3.88. The number of thiazole rings is 1. The van der Waals surface area contributed by atoms with Gasteiger partial charge in [-0.2, -0.15) is 0 Å². The van der Waals surface area contributed by atoms with Gasteiger partial charge in [0.2, 0.25) is 0 Å². The zero-order valence-electron chi connectivity index (χ0n) is 6.66. The summed E-state index contributed by atoms with van der Waals surface area (Å²) in [6.45, 7) is 0. The molecule has 11 heavy (non-hydrogen) atoms. The van der Waals surface area contributed by atoms with E-state index in [1.165, 1.54) is 19.3 Å². The maximum atomic E-state index is 4.26. The summed E-state index contributed by atoms with van der Waals surface area (Å²) in [5.74, 6) is 0. The van der Waals surface area contributed by atoms with Gasteiger partial charge in [0.1, 0.15) is 0 Å². The van der Waals surface area contributed by atoms with Crippen LogP contribution in [-0.2, 0) is 0 Å². The second kappa shape index (κ2) is 2.81. The van der Waals surface area contributed by atoms with Crippen molar-refractivity contribution >= 4 is 16.5 Å². The largest absolute Gasteiger partial charge is 0.348 e. The molecule has 0 atom stereocenters. The summed E-state index contributed by atoms with van der Waals surface area (Å²) >= 11 is 1.72. The lowest BCUT2D eigenvalue weighted by molar-refractivity contribution is 0.401. The molecule has 0 aromatic carbocycles. The minimum absolute atomic E-state index is 0.765. The Hall–Kier alpha value is -0.570. The summed E-state index contributed by atoms with van der Waals surface area (Å²) in [7, 11) is 2.14. The molecule has 0 bridgehead atoms. The summed E-state index contributed by atoms with van der Waals surface area (Å²) in [6.07, 6.45) is 5.95. The van der Waals surface area contributed by atoms with E-state index in [1.54, 1.807) is 11.3 Å². The first-order valence-electron chi connectivity index (χ1n) is 4.00. The Kier molecular flexibility index (Phi) is 1.82. The standard InChI is InChI=1S/C8H12N2S/c1-10(7-3-2-4-7)8-9-5-6-11-8/h5-7H,2-4H2,1H3. The van der Waals surface area contributed by atoms with Crippen molar-refractivity contribution in [3.8, 4) is 0 Å². The Morgan fingerprint density at radius 1 is 1.64 bits per heavy atom. The molecule has 1 aliphatic rings. The van der Waals surface area contributed by atoms with Gasteiger partial charge in [0.25, 0.3) is 0 Å². The van der Waals surface area contributed by atoms with Crippen LogP contribution in [0.3, 0.4) is 0 Å². The minimum Gasteiger partial charge on any atom is -0.348 e. The van der Waals surface area contributed by atoms with Gasteiger partial charge >= 0.3 is 0 Å². The highest BCUT2D eigenvalue weighted by atomic mass is 32.1. The van der Waals surface area contributed by atoms with Crippen LogP contribution in [-0.4, -0.2) is 18.1 Å². The second-order valence-electron chi connectivity index (χ2n) is 3.01. The van der Waals surface area contributed by atoms with Gasteiger partial charge in [0, 0.05) is 24.7 Å². The Balaban J connectivity index is 2.04. The predicted octanol–water partition coefficient (Wildman–Crippen LogP) is 2.13. The van der Waals surface area contributed by atoms with Crippen LogP contribution in [0.5, 0.6) is 0 Å². The molecule has 2 rings (SSSR count). The number of anilines is 1. The summed E-state index contributed by atoms with van der Waals surface area (Å²) in [5.41, 5.74) is 0. The maximum Gasteiger partial charge on any atom is 0.185 e. The van der Waals surface area contributed by atoms with Gasteiger partial charge in [0.05, 0.1) is 0 Å². The third-order valence-electron chi connectivity index (χ3n) is 2.34. The first-order chi connectivity index (χ1) is 5.38. The molecule has 1 saturated carbocycles. The topological polar surface area (TPSA) is 16.1 Å². The lowest BCUT2D eigenvalue weighted by Gasteiger charge is -2.34. The van der Waals surface area contributed by atoms with E-state index >= 15 is 0 Å². The molecular weight excluding hydrogens is 156 g/mol. The quantitative estimate of drug-likeness (QED) is 0.672. The van der Waals surface area contributed by atoms with Crippen molar-refractivity contribution < 1.29 is 0 Å². The normalized spacial score (nSPS) is 17.9. The monoisotopic (exact) mass is 168 g/mol. The molecule has 1 fully saturated rings. The summed E-state index contributed by atoms with van der Waals surface area (Å²) < 4.78 is 0. The number of hydrogen-bond donors (Lipinski definition) is 0. The fraction of sp³-hybridized carbons (Fsp3) is 0.625. The molecule has 2 nitrogen and oxygen atoms in total. The lowest BCUT2D eigenvalue weighted by atomic mass is 9.92. The van der Waals surface area contributed by atoms with E-state index in [9.17, 15) is 0 Å². The molecule has 0 radical (unpaired) electrons. The van der Waals surface area contributed by atoms with Crippen molar-refractivity contribution in [1.29, 1.82) is 0 Å². The molecule has 60 valence electrons. The van der Waals surface area contributed by atoms with Crippen LogP contribution in [0.15, 0.2) is 11.6 Å². The highest BCUT2D eigenvalue weighted by Gasteiger charge is 2.23. The number of hydrogen-bond acceptors (Lipinski definition) is 3. The number of rotatable bonds is 2. The fourth-order valence-electron chi connectivity index (χ4n) is 1.32. The average molecular weight is 168 g/mol. The van der Waals surface area contributed by atoms with E-state index in [0.29, 0.717) is 0 Å². The van der Waals surface area contributed by atoms with E-state index in [4.69, 9.17) is 0 Å². The van der Waals surface area contributed by atoms with Gasteiger partial charge in [-0.05, 0) is 19.3 Å². The molecule has 1 aromatic heterocycles. The van der Waals surface area contributed by atoms with E-state index in [1.807, 2.05) is 11.6 Å². The molecule has 3 heteroatoms. The van der Waals surface area contributed by atoms with Gasteiger partial charge in [-0.3, -0.25) is 0 Å². The van der Waals surface area contributed by atoms with Crippen LogP contribution in [0.4, 0.5) is 5.13 Å². The molecule has 0 saturated heterocycles. The minimum atomic E-state index is 0.765. The van der Waals surface area contributed by atoms with E-state index < -0.39 is 0 Å². The van der Waals surface area contributed by atoms with Crippen LogP contribution >= 0.6 is 11.3 Å². The highest BCUT2D eigenvalue weighted by molar-refractivity contribution is 7.13. The molecule has 0 N–H and O–H groups in total. The summed E-state index contributed by atoms with van der Waals surface area (Å²) in [5, 5.41) is 3.19. The number of nitrogens with zero attached hydrogens (tertiary/aromatic N) is 2. The van der Waals surface area contributed by atoms with Crippen molar-refractivity contribution in [3.63, 3.8) is 0 Å². The maximum absolute atomic E-state index is 4.26. The van der Waals surface area contributed by atoms with Gasteiger partial charge < -0.3 is 4.90 Å². The first-order valence-corrected chi connectivity index (χ1v) is 4.88. The van der Waals surface area contributed by atoms with Crippen molar-refractivity contribution in [3.05, 3.63) is 11.6 Å². The predicted molar refractivity (Wildman–Crippen MR) is 48.2 cm³/mol. The molecule has 1 heterocycles. The molecule has 1 aromatic rings. The Labute approximate surface area is 70.9 Å². The molecular formula is C8H12N2S. The van der Waals surface area contributed by atoms with Crippen molar-refractivity contribution in [2.24, 2.45) is 0 Å². The van der Waals surface area contributed by atoms with Crippen LogP contribution in [0.2, 0.25) is 0 Å². The van der Waals surface area contributed by atoms with Gasteiger partial charge in [-0.1, -0.05) is 0 Å². The summed E-state index contributed by atoms with van der Waals surface area (Å²) in [4.78, 5) is 6.56. The zero-order valence-corrected chi connectivity index (χ0v) is 7.47. The van der Waals surface area contributed by atoms with Crippen LogP contribution < -0.4 is 4.90 Å². The fourth-order valence-corrected chi connectivity index (χ4v) is 2.00. The Bertz CT molecular complexity index is 216. The number of aromatic nitrogens is 1.